The van der Waals surface area contributed by atoms with Crippen molar-refractivity contribution in [3.63, 3.8) is 0 Å². The summed E-state index contributed by atoms with van der Waals surface area (Å²) in [5.41, 5.74) is -0.289. The van der Waals surface area contributed by atoms with Crippen molar-refractivity contribution in [2.75, 3.05) is 58.3 Å². The normalized spacial score (nSPS) is 22.9. The number of piperazine rings is 1. The van der Waals surface area contributed by atoms with E-state index in [4.69, 9.17) is 21.3 Å². The van der Waals surface area contributed by atoms with Gasteiger partial charge in [-0.05, 0) is 52.1 Å². The third-order valence-corrected chi connectivity index (χ3v) is 8.18. The molecule has 1 aromatic carbocycles. The van der Waals surface area contributed by atoms with E-state index in [1.807, 2.05) is 14.1 Å². The SMILES string of the molecule is C=CC(=O)N1CCN2C(=O)c3c(N4CCCC4(C)CN(C)C)nc(-c4c(O)cccc4F)c(Cl)c3OC[C@H]2C1. The van der Waals surface area contributed by atoms with Crippen molar-refractivity contribution < 1.29 is 23.8 Å². The molecule has 1 aromatic heterocycles. The summed E-state index contributed by atoms with van der Waals surface area (Å²) in [6.45, 7) is 8.07. The highest BCUT2D eigenvalue weighted by Crippen LogP contribution is 2.48. The first kappa shape index (κ1) is 27.2. The quantitative estimate of drug-likeness (QED) is 0.564. The smallest absolute Gasteiger partial charge is 0.261 e. The zero-order valence-electron chi connectivity index (χ0n) is 22.4. The lowest BCUT2D eigenvalue weighted by atomic mass is 9.97. The molecular formula is C28H33ClFN5O4. The Kier molecular flexibility index (Phi) is 7.19. The molecule has 4 heterocycles. The molecule has 2 fully saturated rings. The number of phenols is 1. The number of carbonyl (C=O) groups excluding carboxylic acids is 2. The summed E-state index contributed by atoms with van der Waals surface area (Å²) in [6.07, 6.45) is 3.00. The lowest BCUT2D eigenvalue weighted by Gasteiger charge is -2.41. The fraction of sp³-hybridized carbons (Fsp3) is 0.464. The minimum absolute atomic E-state index is 0.0104. The van der Waals surface area contributed by atoms with Crippen LogP contribution in [0.1, 0.15) is 30.1 Å². The predicted molar refractivity (Wildman–Crippen MR) is 147 cm³/mol. The van der Waals surface area contributed by atoms with Gasteiger partial charge in [-0.3, -0.25) is 9.59 Å². The lowest BCUT2D eigenvalue weighted by Crippen LogP contribution is -2.57. The standard InChI is InChI=1S/C28H33ClFN5O4/c1-5-20(37)33-12-13-34-17(14-33)15-39-25-22(27(34)38)26(35-11-7-10-28(35,2)16-32(3)4)31-24(23(25)29)21-18(30)8-6-9-19(21)36/h5-6,8-9,17,36H,1,7,10-16H2,2-4H3/t17-,28?/m1/s1. The third-order valence-electron chi connectivity index (χ3n) is 7.83. The Hall–Kier alpha value is -3.37. The topological polar surface area (TPSA) is 89.5 Å². The zero-order chi connectivity index (χ0) is 28.1. The fourth-order valence-corrected chi connectivity index (χ4v) is 6.40. The van der Waals surface area contributed by atoms with E-state index in [0.717, 1.165) is 12.8 Å². The number of fused-ring (bicyclic) bond motifs is 2. The second-order valence-electron chi connectivity index (χ2n) is 10.9. The van der Waals surface area contributed by atoms with E-state index in [1.54, 1.807) is 9.80 Å². The highest BCUT2D eigenvalue weighted by atomic mass is 35.5. The maximum Gasteiger partial charge on any atom is 0.261 e. The second-order valence-corrected chi connectivity index (χ2v) is 11.3. The Morgan fingerprint density at radius 2 is 2.10 bits per heavy atom. The number of pyridine rings is 1. The van der Waals surface area contributed by atoms with Crippen LogP contribution in [-0.2, 0) is 4.79 Å². The van der Waals surface area contributed by atoms with Crippen LogP contribution in [0.2, 0.25) is 5.02 Å². The number of hydrogen-bond acceptors (Lipinski definition) is 7. The maximum atomic E-state index is 15.1. The van der Waals surface area contributed by atoms with E-state index in [9.17, 15) is 14.7 Å². The van der Waals surface area contributed by atoms with Gasteiger partial charge in [-0.25, -0.2) is 9.37 Å². The first-order chi connectivity index (χ1) is 18.6. The summed E-state index contributed by atoms with van der Waals surface area (Å²) in [4.78, 5) is 38.9. The molecule has 0 aliphatic carbocycles. The molecule has 1 unspecified atom stereocenters. The van der Waals surface area contributed by atoms with Crippen molar-refractivity contribution >= 4 is 29.2 Å². The van der Waals surface area contributed by atoms with E-state index in [2.05, 4.69) is 23.3 Å². The van der Waals surface area contributed by atoms with Gasteiger partial charge in [-0.15, -0.1) is 0 Å². The van der Waals surface area contributed by atoms with Gasteiger partial charge in [0.1, 0.15) is 40.3 Å². The molecule has 2 atom stereocenters. The molecule has 5 rings (SSSR count). The average Bonchev–Trinajstić information content (AvgIpc) is 3.19. The van der Waals surface area contributed by atoms with Crippen molar-refractivity contribution in [2.24, 2.45) is 0 Å². The number of carbonyl (C=O) groups is 2. The monoisotopic (exact) mass is 557 g/mol. The average molecular weight is 558 g/mol. The van der Waals surface area contributed by atoms with Crippen LogP contribution in [0.3, 0.4) is 0 Å². The number of benzene rings is 1. The van der Waals surface area contributed by atoms with Gasteiger partial charge in [-0.1, -0.05) is 24.2 Å². The highest BCUT2D eigenvalue weighted by Gasteiger charge is 2.45. The van der Waals surface area contributed by atoms with Crippen LogP contribution >= 0.6 is 11.6 Å². The van der Waals surface area contributed by atoms with Crippen LogP contribution in [0, 0.1) is 5.82 Å². The van der Waals surface area contributed by atoms with Crippen molar-refractivity contribution in [1.82, 2.24) is 19.7 Å². The number of hydrogen-bond donors (Lipinski definition) is 1. The van der Waals surface area contributed by atoms with Crippen LogP contribution in [-0.4, -0.2) is 102 Å². The van der Waals surface area contributed by atoms with Crippen molar-refractivity contribution in [2.45, 2.75) is 31.3 Å². The summed E-state index contributed by atoms with van der Waals surface area (Å²) in [5, 5.41) is 10.6. The Balaban J connectivity index is 1.70. The molecule has 2 amide bonds. The van der Waals surface area contributed by atoms with Crippen LogP contribution < -0.4 is 9.64 Å². The molecule has 2 aromatic rings. The predicted octanol–water partition coefficient (Wildman–Crippen LogP) is 3.40. The molecule has 0 radical (unpaired) electrons. The molecule has 9 nitrogen and oxygen atoms in total. The van der Waals surface area contributed by atoms with Gasteiger partial charge in [0.2, 0.25) is 5.91 Å². The molecule has 2 saturated heterocycles. The van der Waals surface area contributed by atoms with Gasteiger partial charge >= 0.3 is 0 Å². The minimum Gasteiger partial charge on any atom is -0.507 e. The summed E-state index contributed by atoms with van der Waals surface area (Å²) in [5.74, 6) is -1.06. The Labute approximate surface area is 232 Å². The molecule has 0 saturated carbocycles. The highest BCUT2D eigenvalue weighted by molar-refractivity contribution is 6.35. The summed E-state index contributed by atoms with van der Waals surface area (Å²) in [7, 11) is 3.98. The molecule has 208 valence electrons. The number of aromatic hydroxyl groups is 1. The molecule has 3 aliphatic rings. The van der Waals surface area contributed by atoms with Gasteiger partial charge in [0, 0.05) is 32.7 Å². The number of phenolic OH excluding ortho intramolecular Hbond substituents is 1. The van der Waals surface area contributed by atoms with Crippen molar-refractivity contribution in [3.8, 4) is 22.8 Å². The van der Waals surface area contributed by atoms with E-state index < -0.39 is 11.9 Å². The maximum absolute atomic E-state index is 15.1. The largest absolute Gasteiger partial charge is 0.507 e. The van der Waals surface area contributed by atoms with Gasteiger partial charge in [0.05, 0.1) is 17.1 Å². The van der Waals surface area contributed by atoms with Crippen molar-refractivity contribution in [3.05, 3.63) is 47.3 Å². The van der Waals surface area contributed by atoms with Crippen LogP contribution in [0.15, 0.2) is 30.9 Å². The van der Waals surface area contributed by atoms with Crippen LogP contribution in [0.4, 0.5) is 10.2 Å². The van der Waals surface area contributed by atoms with E-state index in [-0.39, 0.29) is 63.8 Å². The van der Waals surface area contributed by atoms with Gasteiger partial charge < -0.3 is 29.4 Å². The van der Waals surface area contributed by atoms with Gasteiger partial charge in [-0.2, -0.15) is 0 Å². The van der Waals surface area contributed by atoms with Gasteiger partial charge in [0.15, 0.2) is 5.75 Å². The van der Waals surface area contributed by atoms with Gasteiger partial charge in [0.25, 0.3) is 5.91 Å². The molecule has 1 N–H and O–H groups in total. The first-order valence-corrected chi connectivity index (χ1v) is 13.4. The second kappa shape index (κ2) is 10.3. The first-order valence-electron chi connectivity index (χ1n) is 13.0. The lowest BCUT2D eigenvalue weighted by molar-refractivity contribution is -0.128. The summed E-state index contributed by atoms with van der Waals surface area (Å²) in [6, 6.07) is 3.58. The molecular weight excluding hydrogens is 525 g/mol. The molecule has 11 heteroatoms. The van der Waals surface area contributed by atoms with E-state index in [1.165, 1.54) is 24.3 Å². The minimum atomic E-state index is -0.691. The number of ether oxygens (including phenoxy) is 1. The number of nitrogens with zero attached hydrogens (tertiary/aromatic N) is 5. The Morgan fingerprint density at radius 3 is 2.79 bits per heavy atom. The Morgan fingerprint density at radius 1 is 1.33 bits per heavy atom. The van der Waals surface area contributed by atoms with E-state index in [0.29, 0.717) is 32.0 Å². The molecule has 0 bridgehead atoms. The third kappa shape index (κ3) is 4.69. The molecule has 3 aliphatic heterocycles. The fourth-order valence-electron chi connectivity index (χ4n) is 6.11. The summed E-state index contributed by atoms with van der Waals surface area (Å²) >= 11 is 6.84. The number of likely N-dealkylation sites (N-methyl/N-ethyl adjacent to an activating group) is 1. The molecule has 0 spiro atoms. The number of aromatic nitrogens is 1. The Bertz CT molecular complexity index is 1320. The number of anilines is 1. The zero-order valence-corrected chi connectivity index (χ0v) is 23.2. The van der Waals surface area contributed by atoms with E-state index >= 15 is 4.39 Å². The molecule has 39 heavy (non-hydrogen) atoms. The number of rotatable bonds is 5. The summed E-state index contributed by atoms with van der Waals surface area (Å²) < 4.78 is 21.3. The van der Waals surface area contributed by atoms with Crippen LogP contribution in [0.5, 0.6) is 11.5 Å². The number of halogens is 2. The van der Waals surface area contributed by atoms with Crippen LogP contribution in [0.25, 0.3) is 11.3 Å². The van der Waals surface area contributed by atoms with Crippen molar-refractivity contribution in [1.29, 1.82) is 0 Å². The number of amides is 2.